The van der Waals surface area contributed by atoms with E-state index in [9.17, 15) is 4.79 Å². The van der Waals surface area contributed by atoms with Crippen LogP contribution in [0.25, 0.3) is 11.3 Å². The number of hydrogen-bond acceptors (Lipinski definition) is 5. The molecule has 1 amide bonds. The highest BCUT2D eigenvalue weighted by atomic mass is 35.5. The minimum Gasteiger partial charge on any atom is -0.497 e. The first kappa shape index (κ1) is 18.8. The molecular formula is C20H19ClN2O4. The van der Waals surface area contributed by atoms with E-state index in [0.717, 1.165) is 11.3 Å². The van der Waals surface area contributed by atoms with Crippen LogP contribution in [0, 0.1) is 0 Å². The Bertz CT molecular complexity index is 891. The van der Waals surface area contributed by atoms with Gasteiger partial charge in [0.15, 0.2) is 11.5 Å². The minimum atomic E-state index is -0.329. The molecule has 2 aromatic carbocycles. The van der Waals surface area contributed by atoms with Crippen LogP contribution >= 0.6 is 11.6 Å². The Labute approximate surface area is 162 Å². The number of nitrogens with zero attached hydrogens (tertiary/aromatic N) is 1. The SMILES string of the molecule is COc1ccc(-c2cc(C(=O)NC[C@@H](C)Oc3ccc(Cl)cc3)no2)cc1. The largest absolute Gasteiger partial charge is 0.497 e. The van der Waals surface area contributed by atoms with E-state index >= 15 is 0 Å². The number of carbonyl (C=O) groups is 1. The predicted octanol–water partition coefficient (Wildman–Crippen LogP) is 4.20. The van der Waals surface area contributed by atoms with Crippen molar-refractivity contribution in [2.75, 3.05) is 13.7 Å². The Balaban J connectivity index is 1.55. The zero-order valence-corrected chi connectivity index (χ0v) is 15.7. The van der Waals surface area contributed by atoms with Crippen molar-refractivity contribution in [3.05, 3.63) is 65.3 Å². The molecule has 0 spiro atoms. The van der Waals surface area contributed by atoms with Crippen LogP contribution in [0.3, 0.4) is 0 Å². The summed E-state index contributed by atoms with van der Waals surface area (Å²) in [5, 5.41) is 7.25. The maximum absolute atomic E-state index is 12.3. The van der Waals surface area contributed by atoms with Gasteiger partial charge in [-0.1, -0.05) is 16.8 Å². The Morgan fingerprint density at radius 3 is 2.48 bits per heavy atom. The molecule has 6 nitrogen and oxygen atoms in total. The van der Waals surface area contributed by atoms with Gasteiger partial charge in [-0.3, -0.25) is 4.79 Å². The number of amides is 1. The third kappa shape index (κ3) is 5.01. The number of halogens is 1. The van der Waals surface area contributed by atoms with E-state index in [2.05, 4.69) is 10.5 Å². The van der Waals surface area contributed by atoms with Crippen molar-refractivity contribution < 1.29 is 18.8 Å². The normalized spacial score (nSPS) is 11.7. The zero-order valence-electron chi connectivity index (χ0n) is 14.9. The smallest absolute Gasteiger partial charge is 0.273 e. The third-order valence-corrected chi connectivity index (χ3v) is 4.07. The highest BCUT2D eigenvalue weighted by Gasteiger charge is 2.15. The molecule has 0 unspecified atom stereocenters. The number of nitrogens with one attached hydrogen (secondary N) is 1. The van der Waals surface area contributed by atoms with Gasteiger partial charge in [-0.05, 0) is 55.5 Å². The van der Waals surface area contributed by atoms with Crippen LogP contribution in [0.5, 0.6) is 11.5 Å². The number of benzene rings is 2. The van der Waals surface area contributed by atoms with Gasteiger partial charge in [0.05, 0.1) is 13.7 Å². The third-order valence-electron chi connectivity index (χ3n) is 3.82. The van der Waals surface area contributed by atoms with E-state index in [1.807, 2.05) is 31.2 Å². The van der Waals surface area contributed by atoms with Crippen molar-refractivity contribution >= 4 is 17.5 Å². The molecule has 0 aliphatic rings. The van der Waals surface area contributed by atoms with Crippen molar-refractivity contribution in [1.82, 2.24) is 10.5 Å². The molecule has 140 valence electrons. The fourth-order valence-corrected chi connectivity index (χ4v) is 2.51. The second kappa shape index (κ2) is 8.60. The van der Waals surface area contributed by atoms with Gasteiger partial charge in [0.1, 0.15) is 17.6 Å². The summed E-state index contributed by atoms with van der Waals surface area (Å²) in [7, 11) is 1.60. The second-order valence-electron chi connectivity index (χ2n) is 5.90. The first-order valence-electron chi connectivity index (χ1n) is 8.36. The van der Waals surface area contributed by atoms with Crippen LogP contribution < -0.4 is 14.8 Å². The molecule has 0 saturated carbocycles. The number of methoxy groups -OCH3 is 1. The molecule has 27 heavy (non-hydrogen) atoms. The fourth-order valence-electron chi connectivity index (χ4n) is 2.39. The molecule has 0 saturated heterocycles. The van der Waals surface area contributed by atoms with Gasteiger partial charge in [0.2, 0.25) is 0 Å². The Morgan fingerprint density at radius 2 is 1.81 bits per heavy atom. The molecule has 0 radical (unpaired) electrons. The average Bonchev–Trinajstić information content (AvgIpc) is 3.18. The maximum Gasteiger partial charge on any atom is 0.273 e. The Kier molecular flexibility index (Phi) is 5.98. The number of ether oxygens (including phenoxy) is 2. The summed E-state index contributed by atoms with van der Waals surface area (Å²) >= 11 is 5.85. The van der Waals surface area contributed by atoms with Crippen LogP contribution in [0.15, 0.2) is 59.1 Å². The van der Waals surface area contributed by atoms with Gasteiger partial charge in [0.25, 0.3) is 5.91 Å². The minimum absolute atomic E-state index is 0.208. The van der Waals surface area contributed by atoms with Gasteiger partial charge in [0, 0.05) is 16.7 Å². The summed E-state index contributed by atoms with van der Waals surface area (Å²) in [6.07, 6.45) is -0.219. The molecule has 3 aromatic rings. The lowest BCUT2D eigenvalue weighted by Gasteiger charge is -2.15. The lowest BCUT2D eigenvalue weighted by atomic mass is 10.1. The number of aromatic nitrogens is 1. The molecule has 1 aromatic heterocycles. The highest BCUT2D eigenvalue weighted by Crippen LogP contribution is 2.23. The van der Waals surface area contributed by atoms with Crippen LogP contribution in [-0.2, 0) is 0 Å². The first-order valence-corrected chi connectivity index (χ1v) is 8.74. The van der Waals surface area contributed by atoms with Crippen molar-refractivity contribution in [1.29, 1.82) is 0 Å². The Morgan fingerprint density at radius 1 is 1.15 bits per heavy atom. The highest BCUT2D eigenvalue weighted by molar-refractivity contribution is 6.30. The molecule has 3 rings (SSSR count). The van der Waals surface area contributed by atoms with E-state index in [-0.39, 0.29) is 17.7 Å². The summed E-state index contributed by atoms with van der Waals surface area (Å²) in [5.74, 6) is 1.61. The predicted molar refractivity (Wildman–Crippen MR) is 102 cm³/mol. The molecule has 1 heterocycles. The van der Waals surface area contributed by atoms with Crippen molar-refractivity contribution in [3.8, 4) is 22.8 Å². The van der Waals surface area contributed by atoms with E-state index in [1.165, 1.54) is 0 Å². The van der Waals surface area contributed by atoms with E-state index < -0.39 is 0 Å². The van der Waals surface area contributed by atoms with Gasteiger partial charge in [-0.25, -0.2) is 0 Å². The number of rotatable bonds is 7. The second-order valence-corrected chi connectivity index (χ2v) is 6.33. The topological polar surface area (TPSA) is 73.6 Å². The lowest BCUT2D eigenvalue weighted by molar-refractivity contribution is 0.0923. The van der Waals surface area contributed by atoms with Crippen LogP contribution in [0.4, 0.5) is 0 Å². The summed E-state index contributed by atoms with van der Waals surface area (Å²) in [4.78, 5) is 12.3. The van der Waals surface area contributed by atoms with Crippen molar-refractivity contribution in [2.45, 2.75) is 13.0 Å². The average molecular weight is 387 g/mol. The molecule has 1 N–H and O–H groups in total. The zero-order chi connectivity index (χ0) is 19.2. The van der Waals surface area contributed by atoms with Gasteiger partial charge in [-0.15, -0.1) is 0 Å². The molecule has 0 fully saturated rings. The monoisotopic (exact) mass is 386 g/mol. The lowest BCUT2D eigenvalue weighted by Crippen LogP contribution is -2.33. The summed E-state index contributed by atoms with van der Waals surface area (Å²) in [6, 6.07) is 15.9. The van der Waals surface area contributed by atoms with E-state index in [1.54, 1.807) is 37.4 Å². The fraction of sp³-hybridized carbons (Fsp3) is 0.200. The van der Waals surface area contributed by atoms with Gasteiger partial charge in [-0.2, -0.15) is 0 Å². The van der Waals surface area contributed by atoms with Crippen molar-refractivity contribution in [3.63, 3.8) is 0 Å². The van der Waals surface area contributed by atoms with Crippen LogP contribution in [0.1, 0.15) is 17.4 Å². The van der Waals surface area contributed by atoms with E-state index in [4.69, 9.17) is 25.6 Å². The summed E-state index contributed by atoms with van der Waals surface area (Å²) < 4.78 is 16.1. The first-order chi connectivity index (χ1) is 13.0. The number of hydrogen-bond donors (Lipinski definition) is 1. The molecular weight excluding hydrogens is 368 g/mol. The quantitative estimate of drug-likeness (QED) is 0.658. The maximum atomic E-state index is 12.3. The van der Waals surface area contributed by atoms with Crippen LogP contribution in [-0.4, -0.2) is 30.8 Å². The van der Waals surface area contributed by atoms with E-state index in [0.29, 0.717) is 23.1 Å². The summed E-state index contributed by atoms with van der Waals surface area (Å²) in [5.41, 5.74) is 1.02. The van der Waals surface area contributed by atoms with Gasteiger partial charge >= 0.3 is 0 Å². The van der Waals surface area contributed by atoms with Crippen LogP contribution in [0.2, 0.25) is 5.02 Å². The van der Waals surface area contributed by atoms with Crippen molar-refractivity contribution in [2.24, 2.45) is 0 Å². The molecule has 0 aliphatic heterocycles. The standard InChI is InChI=1S/C20H19ClN2O4/c1-13(26-17-9-5-15(21)6-10-17)12-22-20(24)18-11-19(27-23-18)14-3-7-16(25-2)8-4-14/h3-11,13H,12H2,1-2H3,(H,22,24)/t13-/m1/s1. The van der Waals surface area contributed by atoms with Gasteiger partial charge < -0.3 is 19.3 Å². The molecule has 0 bridgehead atoms. The number of carbonyl (C=O) groups excluding carboxylic acids is 1. The molecule has 7 heteroatoms. The summed E-state index contributed by atoms with van der Waals surface area (Å²) in [6.45, 7) is 2.19. The Hall–Kier alpha value is -2.99. The molecule has 1 atom stereocenters. The molecule has 0 aliphatic carbocycles.